The molecule has 17 heavy (non-hydrogen) atoms. The molecule has 0 bridgehead atoms. The lowest BCUT2D eigenvalue weighted by atomic mass is 10.2. The zero-order valence-electron chi connectivity index (χ0n) is 11.3. The van der Waals surface area contributed by atoms with Gasteiger partial charge < -0.3 is 10.1 Å². The van der Waals surface area contributed by atoms with Crippen molar-refractivity contribution >= 4 is 11.9 Å². The molecule has 0 rings (SSSR count). The van der Waals surface area contributed by atoms with Gasteiger partial charge in [0.2, 0.25) is 5.91 Å². The molecule has 1 N–H and O–H groups in total. The van der Waals surface area contributed by atoms with Crippen LogP contribution in [0.2, 0.25) is 0 Å². The van der Waals surface area contributed by atoms with Crippen molar-refractivity contribution in [1.29, 1.82) is 0 Å². The van der Waals surface area contributed by atoms with Gasteiger partial charge in [0.05, 0.1) is 6.61 Å². The number of carbonyl (C=O) groups is 2. The number of esters is 1. The maximum Gasteiger partial charge on any atom is 0.328 e. The van der Waals surface area contributed by atoms with Gasteiger partial charge in [0.15, 0.2) is 0 Å². The van der Waals surface area contributed by atoms with Gasteiger partial charge in [0, 0.05) is 6.42 Å². The summed E-state index contributed by atoms with van der Waals surface area (Å²) >= 11 is 0. The second-order valence-corrected chi connectivity index (χ2v) is 4.27. The Labute approximate surface area is 104 Å². The average Bonchev–Trinajstić information content (AvgIpc) is 2.31. The molecule has 0 aromatic heterocycles. The molecule has 1 amide bonds. The second kappa shape index (κ2) is 10.1. The van der Waals surface area contributed by atoms with Gasteiger partial charge in [0.1, 0.15) is 6.04 Å². The van der Waals surface area contributed by atoms with Crippen molar-refractivity contribution in [3.63, 3.8) is 0 Å². The van der Waals surface area contributed by atoms with Crippen molar-refractivity contribution in [2.24, 2.45) is 0 Å². The summed E-state index contributed by atoms with van der Waals surface area (Å²) in [5.41, 5.74) is 0. The number of amides is 1. The van der Waals surface area contributed by atoms with Crippen LogP contribution in [-0.4, -0.2) is 24.5 Å². The van der Waals surface area contributed by atoms with Crippen LogP contribution >= 0.6 is 0 Å². The Morgan fingerprint density at radius 2 is 1.76 bits per heavy atom. The van der Waals surface area contributed by atoms with Crippen LogP contribution in [0.25, 0.3) is 0 Å². The van der Waals surface area contributed by atoms with Gasteiger partial charge in [-0.15, -0.1) is 0 Å². The van der Waals surface area contributed by atoms with Gasteiger partial charge in [-0.3, -0.25) is 4.79 Å². The minimum atomic E-state index is -0.541. The van der Waals surface area contributed by atoms with E-state index in [0.29, 0.717) is 13.0 Å². The molecule has 0 aliphatic carbocycles. The van der Waals surface area contributed by atoms with E-state index in [-0.39, 0.29) is 11.9 Å². The highest BCUT2D eigenvalue weighted by atomic mass is 16.5. The lowest BCUT2D eigenvalue weighted by Gasteiger charge is -2.13. The van der Waals surface area contributed by atoms with Crippen LogP contribution in [0.1, 0.15) is 59.3 Å². The molecule has 4 heteroatoms. The molecular weight excluding hydrogens is 218 g/mol. The van der Waals surface area contributed by atoms with Gasteiger partial charge in [-0.25, -0.2) is 4.79 Å². The quantitative estimate of drug-likeness (QED) is 0.500. The fourth-order valence-corrected chi connectivity index (χ4v) is 1.36. The molecule has 0 saturated heterocycles. The molecule has 0 radical (unpaired) electrons. The van der Waals surface area contributed by atoms with Gasteiger partial charge in [-0.2, -0.15) is 0 Å². The fourth-order valence-electron chi connectivity index (χ4n) is 1.36. The van der Waals surface area contributed by atoms with E-state index in [4.69, 9.17) is 4.74 Å². The van der Waals surface area contributed by atoms with Crippen molar-refractivity contribution in [3.8, 4) is 0 Å². The highest BCUT2D eigenvalue weighted by molar-refractivity contribution is 5.84. The lowest BCUT2D eigenvalue weighted by Crippen LogP contribution is -2.39. The number of hydrogen-bond donors (Lipinski definition) is 1. The molecule has 0 aromatic rings. The fraction of sp³-hybridized carbons (Fsp3) is 0.846. The highest BCUT2D eigenvalue weighted by Gasteiger charge is 2.16. The largest absolute Gasteiger partial charge is 0.464 e. The summed E-state index contributed by atoms with van der Waals surface area (Å²) < 4.78 is 5.06. The van der Waals surface area contributed by atoms with Crippen molar-refractivity contribution < 1.29 is 14.3 Å². The van der Waals surface area contributed by atoms with Crippen LogP contribution in [0.3, 0.4) is 0 Å². The molecule has 0 fully saturated rings. The normalized spacial score (nSPS) is 11.9. The van der Waals surface area contributed by atoms with E-state index in [9.17, 15) is 9.59 Å². The summed E-state index contributed by atoms with van der Waals surface area (Å²) in [5.74, 6) is -0.421. The Balaban J connectivity index is 3.69. The van der Waals surface area contributed by atoms with Gasteiger partial charge >= 0.3 is 5.97 Å². The third kappa shape index (κ3) is 8.72. The predicted octanol–water partition coefficient (Wildman–Crippen LogP) is 2.41. The zero-order chi connectivity index (χ0) is 13.1. The van der Waals surface area contributed by atoms with Crippen LogP contribution < -0.4 is 5.32 Å². The van der Waals surface area contributed by atoms with Crippen molar-refractivity contribution in [2.45, 2.75) is 65.3 Å². The van der Waals surface area contributed by atoms with E-state index in [0.717, 1.165) is 32.1 Å². The first-order valence-electron chi connectivity index (χ1n) is 6.57. The Bertz CT molecular complexity index is 229. The summed E-state index contributed by atoms with van der Waals surface area (Å²) in [6.45, 7) is 6.23. The minimum absolute atomic E-state index is 0.0788. The van der Waals surface area contributed by atoms with E-state index in [1.165, 1.54) is 0 Å². The Morgan fingerprint density at radius 1 is 1.12 bits per heavy atom. The molecule has 4 nitrogen and oxygen atoms in total. The monoisotopic (exact) mass is 243 g/mol. The van der Waals surface area contributed by atoms with Gasteiger partial charge in [-0.1, -0.05) is 33.1 Å². The van der Waals surface area contributed by atoms with Gasteiger partial charge in [0.25, 0.3) is 0 Å². The Kier molecular flexibility index (Phi) is 9.49. The number of carbonyl (C=O) groups excluding carboxylic acids is 2. The second-order valence-electron chi connectivity index (χ2n) is 4.27. The van der Waals surface area contributed by atoms with E-state index in [1.54, 1.807) is 6.92 Å². The molecule has 100 valence electrons. The van der Waals surface area contributed by atoms with Crippen molar-refractivity contribution in [3.05, 3.63) is 0 Å². The van der Waals surface area contributed by atoms with E-state index < -0.39 is 6.04 Å². The smallest absolute Gasteiger partial charge is 0.328 e. The van der Waals surface area contributed by atoms with Crippen LogP contribution in [0.5, 0.6) is 0 Å². The molecule has 0 heterocycles. The summed E-state index contributed by atoms with van der Waals surface area (Å²) in [4.78, 5) is 22.9. The molecule has 0 aliphatic heterocycles. The van der Waals surface area contributed by atoms with Crippen LogP contribution in [0, 0.1) is 0 Å². The Hall–Kier alpha value is -1.06. The highest BCUT2D eigenvalue weighted by Crippen LogP contribution is 1.98. The molecule has 1 unspecified atom stereocenters. The summed E-state index contributed by atoms with van der Waals surface area (Å²) in [5, 5.41) is 2.64. The van der Waals surface area contributed by atoms with E-state index >= 15 is 0 Å². The number of nitrogens with one attached hydrogen (secondary N) is 1. The lowest BCUT2D eigenvalue weighted by molar-refractivity contribution is -0.147. The Morgan fingerprint density at radius 3 is 2.35 bits per heavy atom. The number of unbranched alkanes of at least 4 members (excludes halogenated alkanes) is 3. The maximum atomic E-state index is 11.5. The third-order valence-electron chi connectivity index (χ3n) is 2.48. The average molecular weight is 243 g/mol. The summed E-state index contributed by atoms with van der Waals surface area (Å²) in [6.07, 6.45) is 5.35. The minimum Gasteiger partial charge on any atom is -0.464 e. The molecule has 0 aliphatic rings. The first-order chi connectivity index (χ1) is 8.11. The topological polar surface area (TPSA) is 55.4 Å². The van der Waals surface area contributed by atoms with Crippen molar-refractivity contribution in [1.82, 2.24) is 5.32 Å². The van der Waals surface area contributed by atoms with Crippen molar-refractivity contribution in [2.75, 3.05) is 6.61 Å². The number of hydrogen-bond acceptors (Lipinski definition) is 3. The van der Waals surface area contributed by atoms with Crippen LogP contribution in [-0.2, 0) is 14.3 Å². The summed E-state index contributed by atoms with van der Waals surface area (Å²) in [7, 11) is 0. The molecular formula is C13H25NO3. The van der Waals surface area contributed by atoms with E-state index in [2.05, 4.69) is 12.2 Å². The maximum absolute atomic E-state index is 11.5. The van der Waals surface area contributed by atoms with E-state index in [1.807, 2.05) is 6.92 Å². The molecule has 0 aromatic carbocycles. The standard InChI is InChI=1S/C13H25NO3/c1-4-6-8-10-17-13(16)11(3)14-12(15)9-7-5-2/h11H,4-10H2,1-3H3,(H,14,15). The van der Waals surface area contributed by atoms with Gasteiger partial charge in [-0.05, 0) is 19.8 Å². The third-order valence-corrected chi connectivity index (χ3v) is 2.48. The SMILES string of the molecule is CCCCCOC(=O)C(C)NC(=O)CCCC. The van der Waals surface area contributed by atoms with Crippen LogP contribution in [0.15, 0.2) is 0 Å². The van der Waals surface area contributed by atoms with Crippen LogP contribution in [0.4, 0.5) is 0 Å². The molecule has 0 spiro atoms. The number of rotatable bonds is 9. The molecule has 1 atom stereocenters. The molecule has 0 saturated carbocycles. The first kappa shape index (κ1) is 15.9. The number of ether oxygens (including phenoxy) is 1. The first-order valence-corrected chi connectivity index (χ1v) is 6.57. The predicted molar refractivity (Wildman–Crippen MR) is 67.6 cm³/mol. The zero-order valence-corrected chi connectivity index (χ0v) is 11.3. The summed E-state index contributed by atoms with van der Waals surface area (Å²) in [6, 6.07) is -0.541.